The highest BCUT2D eigenvalue weighted by atomic mass is 35.5. The summed E-state index contributed by atoms with van der Waals surface area (Å²) in [6.07, 6.45) is 1.19. The molecule has 4 nitrogen and oxygen atoms in total. The van der Waals surface area contributed by atoms with Crippen LogP contribution in [0.4, 0.5) is 0 Å². The Morgan fingerprint density at radius 1 is 1.77 bits per heavy atom. The van der Waals surface area contributed by atoms with Gasteiger partial charge in [0.2, 0.25) is 0 Å². The van der Waals surface area contributed by atoms with E-state index in [1.807, 2.05) is 6.07 Å². The average molecular weight is 218 g/mol. The summed E-state index contributed by atoms with van der Waals surface area (Å²) in [5.41, 5.74) is -0.236. The topological polar surface area (TPSA) is 69.5 Å². The third kappa shape index (κ3) is 2.00. The van der Waals surface area contributed by atoms with E-state index < -0.39 is 11.5 Å². The van der Waals surface area contributed by atoms with Crippen molar-refractivity contribution in [2.45, 2.75) is 5.92 Å². The fourth-order valence-corrected chi connectivity index (χ4v) is 1.26. The Balaban J connectivity index is 3.23. The highest BCUT2D eigenvalue weighted by Gasteiger charge is 2.16. The molecule has 0 radical (unpaired) electrons. The summed E-state index contributed by atoms with van der Waals surface area (Å²) in [6, 6.07) is 1.90. The summed E-state index contributed by atoms with van der Waals surface area (Å²) < 4.78 is 0. The van der Waals surface area contributed by atoms with Crippen molar-refractivity contribution < 1.29 is 0 Å². The first-order valence-corrected chi connectivity index (χ1v) is 4.30. The summed E-state index contributed by atoms with van der Waals surface area (Å²) in [5, 5.41) is 8.58. The molecular formula is C7H5Cl2N3O. The number of alkyl halides is 1. The number of rotatable bonds is 2. The first-order chi connectivity index (χ1) is 6.20. The van der Waals surface area contributed by atoms with Gasteiger partial charge in [-0.2, -0.15) is 5.26 Å². The average Bonchev–Trinajstić information content (AvgIpc) is 2.14. The number of halogens is 2. The van der Waals surface area contributed by atoms with E-state index in [0.29, 0.717) is 0 Å². The molecule has 1 aromatic rings. The van der Waals surface area contributed by atoms with Crippen LogP contribution in [0.3, 0.4) is 0 Å². The summed E-state index contributed by atoms with van der Waals surface area (Å²) in [4.78, 5) is 17.1. The molecule has 1 atom stereocenters. The van der Waals surface area contributed by atoms with Gasteiger partial charge in [0.05, 0.1) is 18.1 Å². The predicted molar refractivity (Wildman–Crippen MR) is 48.9 cm³/mol. The molecule has 0 spiro atoms. The van der Waals surface area contributed by atoms with Gasteiger partial charge < -0.3 is 4.98 Å². The van der Waals surface area contributed by atoms with Gasteiger partial charge in [-0.15, -0.1) is 11.6 Å². The van der Waals surface area contributed by atoms with Gasteiger partial charge in [-0.25, -0.2) is 4.98 Å². The van der Waals surface area contributed by atoms with E-state index in [-0.39, 0.29) is 16.6 Å². The fraction of sp³-hybridized carbons (Fsp3) is 0.286. The standard InChI is InChI=1S/C7H5Cl2N3O/c8-1-4(2-10)6-5(9)7(13)12-3-11-6/h3-4H,1H2,(H,11,12,13). The number of nitrogens with zero attached hydrogens (tertiary/aromatic N) is 2. The number of nitriles is 1. The molecule has 1 heterocycles. The highest BCUT2D eigenvalue weighted by molar-refractivity contribution is 6.31. The molecule has 0 aliphatic heterocycles. The Hall–Kier alpha value is -1.05. The van der Waals surface area contributed by atoms with E-state index in [0.717, 1.165) is 0 Å². The van der Waals surface area contributed by atoms with Crippen molar-refractivity contribution in [1.29, 1.82) is 5.26 Å². The molecule has 13 heavy (non-hydrogen) atoms. The number of H-pyrrole nitrogens is 1. The highest BCUT2D eigenvalue weighted by Crippen LogP contribution is 2.18. The SMILES string of the molecule is N#CC(CCl)c1nc[nH]c(=O)c1Cl. The largest absolute Gasteiger partial charge is 0.312 e. The second-order valence-electron chi connectivity index (χ2n) is 2.27. The van der Waals surface area contributed by atoms with Crippen molar-refractivity contribution in [2.75, 3.05) is 5.88 Å². The summed E-state index contributed by atoms with van der Waals surface area (Å²) >= 11 is 11.1. The minimum absolute atomic E-state index is 0.0622. The smallest absolute Gasteiger partial charge is 0.269 e. The molecule has 1 N–H and O–H groups in total. The van der Waals surface area contributed by atoms with Crippen LogP contribution in [0.2, 0.25) is 5.02 Å². The van der Waals surface area contributed by atoms with E-state index >= 15 is 0 Å². The summed E-state index contributed by atoms with van der Waals surface area (Å²) in [6.45, 7) is 0. The van der Waals surface area contributed by atoms with Crippen LogP contribution >= 0.6 is 23.2 Å². The molecular weight excluding hydrogens is 213 g/mol. The molecule has 0 saturated carbocycles. The summed E-state index contributed by atoms with van der Waals surface area (Å²) in [5.74, 6) is -0.580. The Morgan fingerprint density at radius 3 is 3.00 bits per heavy atom. The first-order valence-electron chi connectivity index (χ1n) is 3.39. The quantitative estimate of drug-likeness (QED) is 0.759. The van der Waals surface area contributed by atoms with Crippen LogP contribution < -0.4 is 5.56 Å². The zero-order valence-electron chi connectivity index (χ0n) is 6.42. The Labute approximate surface area is 84.1 Å². The second-order valence-corrected chi connectivity index (χ2v) is 2.95. The van der Waals surface area contributed by atoms with Gasteiger partial charge in [-0.3, -0.25) is 4.79 Å². The van der Waals surface area contributed by atoms with Crippen LogP contribution in [0, 0.1) is 11.3 Å². The van der Waals surface area contributed by atoms with Gasteiger partial charge in [0.15, 0.2) is 0 Å². The van der Waals surface area contributed by atoms with Gasteiger partial charge in [0.25, 0.3) is 5.56 Å². The van der Waals surface area contributed by atoms with Crippen molar-refractivity contribution in [3.05, 3.63) is 27.4 Å². The lowest BCUT2D eigenvalue weighted by atomic mass is 10.1. The molecule has 0 bridgehead atoms. The lowest BCUT2D eigenvalue weighted by molar-refractivity contribution is 0.900. The monoisotopic (exact) mass is 217 g/mol. The minimum atomic E-state index is -0.642. The van der Waals surface area contributed by atoms with E-state index in [1.165, 1.54) is 6.33 Å². The molecule has 0 aromatic carbocycles. The molecule has 68 valence electrons. The minimum Gasteiger partial charge on any atom is -0.312 e. The lowest BCUT2D eigenvalue weighted by Crippen LogP contribution is -2.13. The molecule has 0 amide bonds. The second kappa shape index (κ2) is 4.26. The van der Waals surface area contributed by atoms with Crippen LogP contribution in [0.5, 0.6) is 0 Å². The van der Waals surface area contributed by atoms with Crippen molar-refractivity contribution in [2.24, 2.45) is 0 Å². The number of nitrogens with one attached hydrogen (secondary N) is 1. The van der Waals surface area contributed by atoms with Crippen molar-refractivity contribution in [3.63, 3.8) is 0 Å². The fourth-order valence-electron chi connectivity index (χ4n) is 0.808. The molecule has 6 heteroatoms. The van der Waals surface area contributed by atoms with E-state index in [2.05, 4.69) is 9.97 Å². The van der Waals surface area contributed by atoms with Gasteiger partial charge in [0.1, 0.15) is 10.9 Å². The molecule has 0 aliphatic carbocycles. The Bertz CT molecular complexity index is 395. The third-order valence-electron chi connectivity index (χ3n) is 1.46. The maximum atomic E-state index is 11.0. The van der Waals surface area contributed by atoms with Crippen LogP contribution in [0.25, 0.3) is 0 Å². The van der Waals surface area contributed by atoms with Crippen molar-refractivity contribution in [3.8, 4) is 6.07 Å². The van der Waals surface area contributed by atoms with E-state index in [9.17, 15) is 4.79 Å². The number of hydrogen-bond donors (Lipinski definition) is 1. The van der Waals surface area contributed by atoms with Crippen molar-refractivity contribution >= 4 is 23.2 Å². The zero-order valence-corrected chi connectivity index (χ0v) is 7.93. The van der Waals surface area contributed by atoms with Crippen LogP contribution in [0.15, 0.2) is 11.1 Å². The van der Waals surface area contributed by atoms with Crippen molar-refractivity contribution in [1.82, 2.24) is 9.97 Å². The molecule has 1 aromatic heterocycles. The molecule has 1 rings (SSSR count). The van der Waals surface area contributed by atoms with E-state index in [1.54, 1.807) is 0 Å². The Kier molecular flexibility index (Phi) is 3.29. The Morgan fingerprint density at radius 2 is 2.46 bits per heavy atom. The van der Waals surface area contributed by atoms with Crippen LogP contribution in [0.1, 0.15) is 11.6 Å². The zero-order chi connectivity index (χ0) is 9.84. The molecule has 0 fully saturated rings. The third-order valence-corrected chi connectivity index (χ3v) is 2.14. The maximum absolute atomic E-state index is 11.0. The van der Waals surface area contributed by atoms with Gasteiger partial charge in [-0.1, -0.05) is 11.6 Å². The van der Waals surface area contributed by atoms with Crippen LogP contribution in [-0.2, 0) is 0 Å². The molecule has 0 aliphatic rings. The summed E-state index contributed by atoms with van der Waals surface area (Å²) in [7, 11) is 0. The first kappa shape index (κ1) is 10.0. The van der Waals surface area contributed by atoms with Gasteiger partial charge in [-0.05, 0) is 0 Å². The van der Waals surface area contributed by atoms with Gasteiger partial charge >= 0.3 is 0 Å². The van der Waals surface area contributed by atoms with Crippen LogP contribution in [-0.4, -0.2) is 15.8 Å². The number of aromatic amines is 1. The maximum Gasteiger partial charge on any atom is 0.269 e. The molecule has 0 saturated heterocycles. The van der Waals surface area contributed by atoms with E-state index in [4.69, 9.17) is 28.5 Å². The lowest BCUT2D eigenvalue weighted by Gasteiger charge is -2.04. The number of hydrogen-bond acceptors (Lipinski definition) is 3. The van der Waals surface area contributed by atoms with Gasteiger partial charge in [0, 0.05) is 5.88 Å². The normalized spacial score (nSPS) is 12.1. The predicted octanol–water partition coefficient (Wildman–Crippen LogP) is 1.27. The number of aromatic nitrogens is 2. The molecule has 1 unspecified atom stereocenters.